The Hall–Kier alpha value is -1.38. The first kappa shape index (κ1) is 12.1. The van der Waals surface area contributed by atoms with Gasteiger partial charge < -0.3 is 5.11 Å². The van der Waals surface area contributed by atoms with Crippen molar-refractivity contribution >= 4 is 10.8 Å². The minimum Gasteiger partial charge on any atom is -0.372 e. The molecule has 2 aromatic rings. The summed E-state index contributed by atoms with van der Waals surface area (Å²) in [6, 6.07) is 14.4. The maximum absolute atomic E-state index is 10.4. The molecule has 1 atom stereocenters. The third-order valence-corrected chi connectivity index (χ3v) is 2.88. The summed E-state index contributed by atoms with van der Waals surface area (Å²) >= 11 is 0. The summed E-state index contributed by atoms with van der Waals surface area (Å²) in [4.78, 5) is 0. The molecule has 2 nitrogen and oxygen atoms in total. The van der Waals surface area contributed by atoms with Crippen LogP contribution in [0.15, 0.2) is 42.5 Å². The van der Waals surface area contributed by atoms with Gasteiger partial charge in [-0.15, -0.1) is 0 Å². The molecule has 17 heavy (non-hydrogen) atoms. The predicted molar refractivity (Wildman–Crippen MR) is 71.8 cm³/mol. The standard InChI is InChI=1S/C15H19NO/c1-11(2)16-15(3,17)14-9-8-12-6-4-5-7-13(12)10-14/h4-11,16-17H,1-3H3. The Morgan fingerprint density at radius 2 is 1.71 bits per heavy atom. The Kier molecular flexibility index (Phi) is 3.18. The van der Waals surface area contributed by atoms with Crippen LogP contribution in [0.25, 0.3) is 10.8 Å². The summed E-state index contributed by atoms with van der Waals surface area (Å²) in [5.41, 5.74) is -0.0945. The van der Waals surface area contributed by atoms with E-state index in [9.17, 15) is 5.11 Å². The zero-order valence-corrected chi connectivity index (χ0v) is 10.6. The molecule has 2 heteroatoms. The van der Waals surface area contributed by atoms with Gasteiger partial charge in [-0.25, -0.2) is 0 Å². The number of rotatable bonds is 3. The lowest BCUT2D eigenvalue weighted by Gasteiger charge is -2.28. The first-order valence-corrected chi connectivity index (χ1v) is 5.98. The third-order valence-electron chi connectivity index (χ3n) is 2.88. The normalized spacial score (nSPS) is 15.1. The van der Waals surface area contributed by atoms with Gasteiger partial charge in [0, 0.05) is 6.04 Å². The zero-order chi connectivity index (χ0) is 12.5. The molecule has 0 amide bonds. The van der Waals surface area contributed by atoms with Gasteiger partial charge in [-0.05, 0) is 43.2 Å². The highest BCUT2D eigenvalue weighted by Gasteiger charge is 2.23. The van der Waals surface area contributed by atoms with Gasteiger partial charge in [0.25, 0.3) is 0 Å². The van der Waals surface area contributed by atoms with E-state index < -0.39 is 5.72 Å². The molecular weight excluding hydrogens is 210 g/mol. The molecular formula is C15H19NO. The lowest BCUT2D eigenvalue weighted by atomic mass is 9.99. The molecule has 0 spiro atoms. The van der Waals surface area contributed by atoms with E-state index in [1.807, 2.05) is 44.2 Å². The second-order valence-electron chi connectivity index (χ2n) is 4.93. The molecule has 0 saturated carbocycles. The molecule has 0 aliphatic heterocycles. The molecule has 90 valence electrons. The van der Waals surface area contributed by atoms with Gasteiger partial charge in [0.2, 0.25) is 0 Å². The van der Waals surface area contributed by atoms with Gasteiger partial charge >= 0.3 is 0 Å². The highest BCUT2D eigenvalue weighted by molar-refractivity contribution is 5.83. The molecule has 0 fully saturated rings. The van der Waals surface area contributed by atoms with E-state index >= 15 is 0 Å². The molecule has 1 unspecified atom stereocenters. The second-order valence-corrected chi connectivity index (χ2v) is 4.93. The molecule has 2 aromatic carbocycles. The Labute approximate surface area is 102 Å². The van der Waals surface area contributed by atoms with Crippen LogP contribution in [0.4, 0.5) is 0 Å². The van der Waals surface area contributed by atoms with Gasteiger partial charge in [0.15, 0.2) is 0 Å². The summed E-state index contributed by atoms with van der Waals surface area (Å²) in [7, 11) is 0. The van der Waals surface area contributed by atoms with Crippen LogP contribution < -0.4 is 5.32 Å². The first-order chi connectivity index (χ1) is 7.99. The molecule has 0 bridgehead atoms. The first-order valence-electron chi connectivity index (χ1n) is 5.98. The largest absolute Gasteiger partial charge is 0.372 e. The van der Waals surface area contributed by atoms with E-state index in [4.69, 9.17) is 0 Å². The van der Waals surface area contributed by atoms with E-state index in [0.29, 0.717) is 0 Å². The SMILES string of the molecule is CC(C)NC(C)(O)c1ccc2ccccc2c1. The molecule has 2 N–H and O–H groups in total. The molecule has 0 aromatic heterocycles. The fourth-order valence-electron chi connectivity index (χ4n) is 2.14. The summed E-state index contributed by atoms with van der Waals surface area (Å²) < 4.78 is 0. The fraction of sp³-hybridized carbons (Fsp3) is 0.333. The van der Waals surface area contributed by atoms with Gasteiger partial charge in [0.1, 0.15) is 5.72 Å². The maximum atomic E-state index is 10.4. The lowest BCUT2D eigenvalue weighted by Crippen LogP contribution is -2.43. The van der Waals surface area contributed by atoms with Crippen LogP contribution in [-0.4, -0.2) is 11.1 Å². The van der Waals surface area contributed by atoms with Gasteiger partial charge in [-0.3, -0.25) is 5.32 Å². The number of hydrogen-bond donors (Lipinski definition) is 2. The van der Waals surface area contributed by atoms with Crippen molar-refractivity contribution in [2.75, 3.05) is 0 Å². The molecule has 0 heterocycles. The van der Waals surface area contributed by atoms with Crippen molar-refractivity contribution in [3.8, 4) is 0 Å². The average molecular weight is 229 g/mol. The number of nitrogens with one attached hydrogen (secondary N) is 1. The van der Waals surface area contributed by atoms with Crippen LogP contribution in [0.5, 0.6) is 0 Å². The molecule has 0 aliphatic rings. The van der Waals surface area contributed by atoms with E-state index in [1.54, 1.807) is 6.92 Å². The van der Waals surface area contributed by atoms with Crippen molar-refractivity contribution in [3.05, 3.63) is 48.0 Å². The van der Waals surface area contributed by atoms with E-state index in [1.165, 1.54) is 5.39 Å². The fourth-order valence-corrected chi connectivity index (χ4v) is 2.14. The van der Waals surface area contributed by atoms with Crippen LogP contribution in [0, 0.1) is 0 Å². The topological polar surface area (TPSA) is 32.3 Å². The Bertz CT molecular complexity index is 517. The zero-order valence-electron chi connectivity index (χ0n) is 10.6. The van der Waals surface area contributed by atoms with Crippen molar-refractivity contribution in [2.24, 2.45) is 0 Å². The van der Waals surface area contributed by atoms with Crippen LogP contribution in [0.2, 0.25) is 0 Å². The smallest absolute Gasteiger partial charge is 0.139 e. The van der Waals surface area contributed by atoms with E-state index in [-0.39, 0.29) is 6.04 Å². The van der Waals surface area contributed by atoms with Crippen LogP contribution in [0.3, 0.4) is 0 Å². The van der Waals surface area contributed by atoms with E-state index in [0.717, 1.165) is 10.9 Å². The van der Waals surface area contributed by atoms with Crippen molar-refractivity contribution in [3.63, 3.8) is 0 Å². The lowest BCUT2D eigenvalue weighted by molar-refractivity contribution is 0.0119. The van der Waals surface area contributed by atoms with Crippen molar-refractivity contribution in [2.45, 2.75) is 32.5 Å². The minimum atomic E-state index is -0.988. The summed E-state index contributed by atoms with van der Waals surface area (Å²) in [6.07, 6.45) is 0. The van der Waals surface area contributed by atoms with Crippen LogP contribution >= 0.6 is 0 Å². The summed E-state index contributed by atoms with van der Waals surface area (Å²) in [6.45, 7) is 5.84. The predicted octanol–water partition coefficient (Wildman–Crippen LogP) is 3.00. The van der Waals surface area contributed by atoms with Gasteiger partial charge in [-0.2, -0.15) is 0 Å². The Balaban J connectivity index is 2.42. The highest BCUT2D eigenvalue weighted by atomic mass is 16.3. The van der Waals surface area contributed by atoms with Gasteiger partial charge in [-0.1, -0.05) is 36.4 Å². The summed E-state index contributed by atoms with van der Waals surface area (Å²) in [5.74, 6) is 0. The van der Waals surface area contributed by atoms with E-state index in [2.05, 4.69) is 17.4 Å². The number of hydrogen-bond acceptors (Lipinski definition) is 2. The molecule has 0 aliphatic carbocycles. The molecule has 2 rings (SSSR count). The number of aliphatic hydroxyl groups is 1. The third kappa shape index (κ3) is 2.65. The second kappa shape index (κ2) is 4.47. The quantitative estimate of drug-likeness (QED) is 0.793. The highest BCUT2D eigenvalue weighted by Crippen LogP contribution is 2.23. The van der Waals surface area contributed by atoms with Crippen LogP contribution in [-0.2, 0) is 5.72 Å². The summed E-state index contributed by atoms with van der Waals surface area (Å²) in [5, 5.41) is 15.9. The maximum Gasteiger partial charge on any atom is 0.139 e. The van der Waals surface area contributed by atoms with Crippen LogP contribution in [0.1, 0.15) is 26.3 Å². The minimum absolute atomic E-state index is 0.233. The van der Waals surface area contributed by atoms with Crippen molar-refractivity contribution in [1.29, 1.82) is 0 Å². The molecule has 0 saturated heterocycles. The van der Waals surface area contributed by atoms with Crippen molar-refractivity contribution in [1.82, 2.24) is 5.32 Å². The molecule has 0 radical (unpaired) electrons. The number of benzene rings is 2. The monoisotopic (exact) mass is 229 g/mol. The number of fused-ring (bicyclic) bond motifs is 1. The Morgan fingerprint density at radius 1 is 1.06 bits per heavy atom. The average Bonchev–Trinajstić information content (AvgIpc) is 2.26. The van der Waals surface area contributed by atoms with Gasteiger partial charge in [0.05, 0.1) is 0 Å². The van der Waals surface area contributed by atoms with Crippen molar-refractivity contribution < 1.29 is 5.11 Å². The Morgan fingerprint density at radius 3 is 2.35 bits per heavy atom.